The van der Waals surface area contributed by atoms with Gasteiger partial charge in [-0.1, -0.05) is 23.8 Å². The van der Waals surface area contributed by atoms with Crippen molar-refractivity contribution in [1.29, 1.82) is 0 Å². The quantitative estimate of drug-likeness (QED) is 0.677. The summed E-state index contributed by atoms with van der Waals surface area (Å²) < 4.78 is 10.4. The van der Waals surface area contributed by atoms with Gasteiger partial charge < -0.3 is 14.5 Å². The van der Waals surface area contributed by atoms with E-state index < -0.39 is 0 Å². The normalized spacial score (nSPS) is 19.6. The SMILES string of the molecule is COC(=O)/C=C(\C)CN1CCOCC1Cc1c[nH]c2ccccc12. The lowest BCUT2D eigenvalue weighted by atomic mass is 10.0. The third-order valence-electron chi connectivity index (χ3n) is 4.50. The van der Waals surface area contributed by atoms with E-state index in [1.165, 1.54) is 18.1 Å². The Morgan fingerprint density at radius 2 is 2.29 bits per heavy atom. The average Bonchev–Trinajstić information content (AvgIpc) is 2.99. The summed E-state index contributed by atoms with van der Waals surface area (Å²) in [5, 5.41) is 1.27. The van der Waals surface area contributed by atoms with Crippen LogP contribution in [0.3, 0.4) is 0 Å². The molecule has 128 valence electrons. The molecule has 0 aliphatic carbocycles. The molecule has 1 unspecified atom stereocenters. The third-order valence-corrected chi connectivity index (χ3v) is 4.50. The zero-order chi connectivity index (χ0) is 16.9. The molecule has 5 heteroatoms. The van der Waals surface area contributed by atoms with Crippen molar-refractivity contribution in [2.75, 3.05) is 33.4 Å². The topological polar surface area (TPSA) is 54.6 Å². The number of hydrogen-bond acceptors (Lipinski definition) is 4. The molecule has 1 saturated heterocycles. The summed E-state index contributed by atoms with van der Waals surface area (Å²) in [6.07, 6.45) is 4.59. The van der Waals surface area contributed by atoms with Crippen molar-refractivity contribution in [2.45, 2.75) is 19.4 Å². The Morgan fingerprint density at radius 1 is 1.46 bits per heavy atom. The first-order valence-electron chi connectivity index (χ1n) is 8.29. The fourth-order valence-corrected chi connectivity index (χ4v) is 3.27. The Labute approximate surface area is 142 Å². The van der Waals surface area contributed by atoms with E-state index in [1.54, 1.807) is 6.08 Å². The summed E-state index contributed by atoms with van der Waals surface area (Å²) in [6.45, 7) is 5.04. The highest BCUT2D eigenvalue weighted by Crippen LogP contribution is 2.22. The van der Waals surface area contributed by atoms with Crippen LogP contribution in [-0.4, -0.2) is 55.3 Å². The number of aromatic nitrogens is 1. The van der Waals surface area contributed by atoms with Gasteiger partial charge in [-0.05, 0) is 25.0 Å². The Kier molecular flexibility index (Phi) is 5.33. The maximum Gasteiger partial charge on any atom is 0.330 e. The van der Waals surface area contributed by atoms with Gasteiger partial charge in [0.05, 0.1) is 20.3 Å². The van der Waals surface area contributed by atoms with Crippen LogP contribution in [0.2, 0.25) is 0 Å². The van der Waals surface area contributed by atoms with Crippen molar-refractivity contribution in [3.05, 3.63) is 47.7 Å². The number of carbonyl (C=O) groups is 1. The number of hydrogen-bond donors (Lipinski definition) is 1. The molecule has 0 radical (unpaired) electrons. The second-order valence-electron chi connectivity index (χ2n) is 6.28. The number of H-pyrrole nitrogens is 1. The van der Waals surface area contributed by atoms with E-state index in [-0.39, 0.29) is 5.97 Å². The zero-order valence-electron chi connectivity index (χ0n) is 14.2. The minimum Gasteiger partial charge on any atom is -0.466 e. The number of carbonyl (C=O) groups excluding carboxylic acids is 1. The molecule has 1 N–H and O–H groups in total. The number of nitrogens with one attached hydrogen (secondary N) is 1. The van der Waals surface area contributed by atoms with Crippen LogP contribution in [0, 0.1) is 0 Å². The highest BCUT2D eigenvalue weighted by molar-refractivity contribution is 5.83. The number of ether oxygens (including phenoxy) is 2. The molecule has 1 atom stereocenters. The van der Waals surface area contributed by atoms with E-state index in [4.69, 9.17) is 9.47 Å². The van der Waals surface area contributed by atoms with E-state index in [9.17, 15) is 4.79 Å². The number of fused-ring (bicyclic) bond motifs is 1. The molecule has 0 saturated carbocycles. The summed E-state index contributed by atoms with van der Waals surface area (Å²) in [5.74, 6) is -0.297. The first-order chi connectivity index (χ1) is 11.7. The van der Waals surface area contributed by atoms with Gasteiger partial charge in [-0.25, -0.2) is 4.79 Å². The Bertz CT molecular complexity index is 735. The molecule has 3 rings (SSSR count). The molecule has 1 aliphatic heterocycles. The molecule has 1 aliphatic rings. The van der Waals surface area contributed by atoms with E-state index >= 15 is 0 Å². The predicted octanol–water partition coefficient (Wildman–Crippen LogP) is 2.53. The van der Waals surface area contributed by atoms with Crippen molar-refractivity contribution in [1.82, 2.24) is 9.88 Å². The van der Waals surface area contributed by atoms with Crippen molar-refractivity contribution in [3.63, 3.8) is 0 Å². The van der Waals surface area contributed by atoms with Crippen molar-refractivity contribution in [2.24, 2.45) is 0 Å². The molecule has 24 heavy (non-hydrogen) atoms. The lowest BCUT2D eigenvalue weighted by molar-refractivity contribution is -0.134. The van der Waals surface area contributed by atoms with Crippen LogP contribution in [0.4, 0.5) is 0 Å². The molecular formula is C19H24N2O3. The summed E-state index contributed by atoms with van der Waals surface area (Å²) >= 11 is 0. The van der Waals surface area contributed by atoms with Gasteiger partial charge >= 0.3 is 5.97 Å². The van der Waals surface area contributed by atoms with Crippen LogP contribution < -0.4 is 0 Å². The molecule has 2 aromatic rings. The highest BCUT2D eigenvalue weighted by Gasteiger charge is 2.24. The second-order valence-corrected chi connectivity index (χ2v) is 6.28. The van der Waals surface area contributed by atoms with Crippen LogP contribution in [0.1, 0.15) is 12.5 Å². The van der Waals surface area contributed by atoms with E-state index in [0.717, 1.165) is 37.2 Å². The number of esters is 1. The lowest BCUT2D eigenvalue weighted by Gasteiger charge is -2.35. The van der Waals surface area contributed by atoms with Gasteiger partial charge in [0, 0.05) is 42.3 Å². The number of nitrogens with zero attached hydrogens (tertiary/aromatic N) is 1. The highest BCUT2D eigenvalue weighted by atomic mass is 16.5. The van der Waals surface area contributed by atoms with E-state index in [1.807, 2.05) is 13.0 Å². The monoisotopic (exact) mass is 328 g/mol. The molecule has 0 spiro atoms. The van der Waals surface area contributed by atoms with Crippen LogP contribution in [0.15, 0.2) is 42.1 Å². The Balaban J connectivity index is 1.73. The number of morpholine rings is 1. The molecule has 1 aromatic heterocycles. The molecule has 5 nitrogen and oxygen atoms in total. The molecular weight excluding hydrogens is 304 g/mol. The Hall–Kier alpha value is -2.11. The third kappa shape index (κ3) is 3.86. The minimum atomic E-state index is -0.297. The molecule has 1 fully saturated rings. The summed E-state index contributed by atoms with van der Waals surface area (Å²) in [5.41, 5.74) is 3.48. The number of benzene rings is 1. The summed E-state index contributed by atoms with van der Waals surface area (Å²) in [7, 11) is 1.40. The van der Waals surface area contributed by atoms with Gasteiger partial charge in [0.25, 0.3) is 0 Å². The molecule has 2 heterocycles. The second kappa shape index (κ2) is 7.64. The first-order valence-corrected chi connectivity index (χ1v) is 8.29. The smallest absolute Gasteiger partial charge is 0.330 e. The largest absolute Gasteiger partial charge is 0.466 e. The van der Waals surface area contributed by atoms with Gasteiger partial charge in [-0.15, -0.1) is 0 Å². The predicted molar refractivity (Wildman–Crippen MR) is 94.0 cm³/mol. The van der Waals surface area contributed by atoms with Crippen LogP contribution in [0.5, 0.6) is 0 Å². The molecule has 0 amide bonds. The van der Waals surface area contributed by atoms with E-state index in [2.05, 4.69) is 34.3 Å². The van der Waals surface area contributed by atoms with Crippen molar-refractivity contribution < 1.29 is 14.3 Å². The number of rotatable bonds is 5. The van der Waals surface area contributed by atoms with Crippen LogP contribution >= 0.6 is 0 Å². The lowest BCUT2D eigenvalue weighted by Crippen LogP contribution is -2.47. The minimum absolute atomic E-state index is 0.297. The van der Waals surface area contributed by atoms with Crippen LogP contribution in [-0.2, 0) is 20.7 Å². The van der Waals surface area contributed by atoms with Crippen molar-refractivity contribution >= 4 is 16.9 Å². The number of para-hydroxylation sites is 1. The maximum atomic E-state index is 11.4. The number of methoxy groups -OCH3 is 1. The fourth-order valence-electron chi connectivity index (χ4n) is 3.27. The van der Waals surface area contributed by atoms with Crippen LogP contribution in [0.25, 0.3) is 10.9 Å². The number of aromatic amines is 1. The van der Waals surface area contributed by atoms with Gasteiger partial charge in [-0.2, -0.15) is 0 Å². The fraction of sp³-hybridized carbons (Fsp3) is 0.421. The standard InChI is InChI=1S/C19H24N2O3/c1-14(9-19(22)23-2)12-21-7-8-24-13-16(21)10-15-11-20-18-6-4-3-5-17(15)18/h3-6,9,11,16,20H,7-8,10,12-13H2,1-2H3/b14-9+. The molecule has 0 bridgehead atoms. The van der Waals surface area contributed by atoms with E-state index in [0.29, 0.717) is 12.6 Å². The Morgan fingerprint density at radius 3 is 3.12 bits per heavy atom. The summed E-state index contributed by atoms with van der Waals surface area (Å²) in [6, 6.07) is 8.66. The zero-order valence-corrected chi connectivity index (χ0v) is 14.2. The van der Waals surface area contributed by atoms with Gasteiger partial charge in [-0.3, -0.25) is 4.90 Å². The maximum absolute atomic E-state index is 11.4. The first kappa shape index (κ1) is 16.7. The van der Waals surface area contributed by atoms with Crippen molar-refractivity contribution in [3.8, 4) is 0 Å². The molecule has 1 aromatic carbocycles. The van der Waals surface area contributed by atoms with Gasteiger partial charge in [0.2, 0.25) is 0 Å². The average molecular weight is 328 g/mol. The summed E-state index contributed by atoms with van der Waals surface area (Å²) in [4.78, 5) is 17.1. The van der Waals surface area contributed by atoms with Gasteiger partial charge in [0.1, 0.15) is 0 Å². The van der Waals surface area contributed by atoms with Gasteiger partial charge in [0.15, 0.2) is 0 Å².